The van der Waals surface area contributed by atoms with E-state index in [2.05, 4.69) is 11.9 Å². The Hall–Kier alpha value is -1.51. The molecule has 0 fully saturated rings. The number of benzene rings is 1. The number of nitrogens with two attached hydrogens (primary N) is 1. The zero-order valence-corrected chi connectivity index (χ0v) is 6.68. The van der Waals surface area contributed by atoms with Gasteiger partial charge in [0.15, 0.2) is 0 Å². The molecule has 3 heteroatoms. The molecule has 12 heavy (non-hydrogen) atoms. The van der Waals surface area contributed by atoms with E-state index in [4.69, 9.17) is 5.73 Å². The summed E-state index contributed by atoms with van der Waals surface area (Å²) in [6.45, 7) is 4.01. The van der Waals surface area contributed by atoms with E-state index in [-0.39, 0.29) is 5.82 Å². The molecule has 0 radical (unpaired) electrons. The number of hydrogen-bond donors (Lipinski definition) is 2. The van der Waals surface area contributed by atoms with E-state index in [9.17, 15) is 4.39 Å². The summed E-state index contributed by atoms with van der Waals surface area (Å²) in [5.41, 5.74) is 6.28. The largest absolute Gasteiger partial charge is 0.397 e. The highest BCUT2D eigenvalue weighted by Gasteiger charge is 2.02. The average Bonchev–Trinajstić information content (AvgIpc) is 2.04. The molecule has 1 aromatic carbocycles. The van der Waals surface area contributed by atoms with Crippen LogP contribution in [0.2, 0.25) is 0 Å². The third-order valence-electron chi connectivity index (χ3n) is 1.47. The first-order chi connectivity index (χ1) is 5.75. The minimum Gasteiger partial charge on any atom is -0.397 e. The highest BCUT2D eigenvalue weighted by atomic mass is 19.1. The fourth-order valence-corrected chi connectivity index (χ4v) is 0.902. The molecule has 0 atom stereocenters. The summed E-state index contributed by atoms with van der Waals surface area (Å²) < 4.78 is 13.0. The van der Waals surface area contributed by atoms with Crippen molar-refractivity contribution in [3.05, 3.63) is 36.7 Å². The Morgan fingerprint density at radius 1 is 1.58 bits per heavy atom. The Labute approximate surface area is 70.9 Å². The normalized spacial score (nSPS) is 9.42. The van der Waals surface area contributed by atoms with E-state index in [0.29, 0.717) is 17.9 Å². The minimum atomic E-state index is -0.336. The molecular weight excluding hydrogens is 155 g/mol. The molecule has 0 saturated heterocycles. The summed E-state index contributed by atoms with van der Waals surface area (Å²) in [5, 5.41) is 2.81. The molecule has 0 spiro atoms. The van der Waals surface area contributed by atoms with Crippen LogP contribution in [0.1, 0.15) is 0 Å². The Balaban J connectivity index is 2.88. The van der Waals surface area contributed by atoms with Gasteiger partial charge in [0.25, 0.3) is 0 Å². The predicted molar refractivity (Wildman–Crippen MR) is 49.5 cm³/mol. The fraction of sp³-hybridized carbons (Fsp3) is 0.111. The van der Waals surface area contributed by atoms with Gasteiger partial charge in [-0.05, 0) is 12.1 Å². The van der Waals surface area contributed by atoms with Gasteiger partial charge < -0.3 is 11.1 Å². The topological polar surface area (TPSA) is 38.0 Å². The maximum atomic E-state index is 13.0. The number of anilines is 2. The number of halogens is 1. The zero-order chi connectivity index (χ0) is 8.97. The predicted octanol–water partition coefficient (Wildman–Crippen LogP) is 2.01. The lowest BCUT2D eigenvalue weighted by atomic mass is 10.2. The van der Waals surface area contributed by atoms with Gasteiger partial charge in [0, 0.05) is 6.54 Å². The fourth-order valence-electron chi connectivity index (χ4n) is 0.902. The van der Waals surface area contributed by atoms with Crippen LogP contribution in [0.3, 0.4) is 0 Å². The van der Waals surface area contributed by atoms with Gasteiger partial charge in [-0.1, -0.05) is 12.1 Å². The number of para-hydroxylation sites is 1. The van der Waals surface area contributed by atoms with E-state index in [1.165, 1.54) is 6.07 Å². The second kappa shape index (κ2) is 3.76. The van der Waals surface area contributed by atoms with Crippen LogP contribution in [0.5, 0.6) is 0 Å². The maximum absolute atomic E-state index is 13.0. The van der Waals surface area contributed by atoms with Crippen molar-refractivity contribution < 1.29 is 4.39 Å². The molecule has 0 aliphatic heterocycles. The standard InChI is InChI=1S/C9H11FN2/c1-2-6-12-9-7(10)4-3-5-8(9)11/h2-5,12H,1,6,11H2. The monoisotopic (exact) mass is 166 g/mol. The molecule has 0 aliphatic carbocycles. The van der Waals surface area contributed by atoms with Crippen molar-refractivity contribution in [2.45, 2.75) is 0 Å². The van der Waals surface area contributed by atoms with Crippen molar-refractivity contribution in [1.29, 1.82) is 0 Å². The molecular formula is C9H11FN2. The van der Waals surface area contributed by atoms with Gasteiger partial charge in [0.1, 0.15) is 5.82 Å². The number of hydrogen-bond acceptors (Lipinski definition) is 2. The molecule has 0 amide bonds. The molecule has 0 heterocycles. The van der Waals surface area contributed by atoms with Gasteiger partial charge in [-0.25, -0.2) is 4.39 Å². The van der Waals surface area contributed by atoms with Crippen LogP contribution in [0.25, 0.3) is 0 Å². The van der Waals surface area contributed by atoms with Crippen molar-refractivity contribution in [1.82, 2.24) is 0 Å². The van der Waals surface area contributed by atoms with Crippen LogP contribution in [0.4, 0.5) is 15.8 Å². The van der Waals surface area contributed by atoms with Gasteiger partial charge in [0.05, 0.1) is 11.4 Å². The third kappa shape index (κ3) is 1.75. The first-order valence-electron chi connectivity index (χ1n) is 3.64. The molecule has 3 N–H and O–H groups in total. The Kier molecular flexibility index (Phi) is 2.69. The molecule has 1 aromatic rings. The lowest BCUT2D eigenvalue weighted by molar-refractivity contribution is 0.631. The molecule has 0 saturated carbocycles. The lowest BCUT2D eigenvalue weighted by Crippen LogP contribution is -2.03. The highest BCUT2D eigenvalue weighted by Crippen LogP contribution is 2.21. The smallest absolute Gasteiger partial charge is 0.148 e. The van der Waals surface area contributed by atoms with Crippen LogP contribution >= 0.6 is 0 Å². The maximum Gasteiger partial charge on any atom is 0.148 e. The molecule has 64 valence electrons. The number of nitrogen functional groups attached to an aromatic ring is 1. The summed E-state index contributed by atoms with van der Waals surface area (Å²) >= 11 is 0. The second-order valence-corrected chi connectivity index (χ2v) is 2.37. The van der Waals surface area contributed by atoms with E-state index in [1.54, 1.807) is 18.2 Å². The van der Waals surface area contributed by atoms with Crippen molar-refractivity contribution in [3.8, 4) is 0 Å². The van der Waals surface area contributed by atoms with Crippen molar-refractivity contribution in [2.24, 2.45) is 0 Å². The molecule has 1 rings (SSSR count). The van der Waals surface area contributed by atoms with E-state index in [0.717, 1.165) is 0 Å². The van der Waals surface area contributed by atoms with E-state index >= 15 is 0 Å². The van der Waals surface area contributed by atoms with Gasteiger partial charge in [-0.15, -0.1) is 6.58 Å². The van der Waals surface area contributed by atoms with Gasteiger partial charge >= 0.3 is 0 Å². The Morgan fingerprint density at radius 2 is 2.33 bits per heavy atom. The van der Waals surface area contributed by atoms with Gasteiger partial charge in [-0.3, -0.25) is 0 Å². The first kappa shape index (κ1) is 8.59. The summed E-state index contributed by atoms with van der Waals surface area (Å²) in [6.07, 6.45) is 1.64. The Morgan fingerprint density at radius 3 is 2.92 bits per heavy atom. The van der Waals surface area contributed by atoms with Crippen LogP contribution in [-0.2, 0) is 0 Å². The van der Waals surface area contributed by atoms with E-state index < -0.39 is 0 Å². The SMILES string of the molecule is C=CCNc1c(N)cccc1F. The molecule has 0 aromatic heterocycles. The summed E-state index contributed by atoms with van der Waals surface area (Å²) in [7, 11) is 0. The molecule has 0 aliphatic rings. The lowest BCUT2D eigenvalue weighted by Gasteiger charge is -2.07. The molecule has 2 nitrogen and oxygen atoms in total. The zero-order valence-electron chi connectivity index (χ0n) is 6.68. The minimum absolute atomic E-state index is 0.336. The first-order valence-corrected chi connectivity index (χ1v) is 3.64. The Bertz CT molecular complexity index is 264. The van der Waals surface area contributed by atoms with Crippen molar-refractivity contribution in [2.75, 3.05) is 17.6 Å². The second-order valence-electron chi connectivity index (χ2n) is 2.37. The molecule has 0 bridgehead atoms. The van der Waals surface area contributed by atoms with Crippen molar-refractivity contribution >= 4 is 11.4 Å². The summed E-state index contributed by atoms with van der Waals surface area (Å²) in [4.78, 5) is 0. The quantitative estimate of drug-likeness (QED) is 0.532. The number of nitrogens with one attached hydrogen (secondary N) is 1. The summed E-state index contributed by atoms with van der Waals surface area (Å²) in [6, 6.07) is 4.58. The van der Waals surface area contributed by atoms with E-state index in [1.807, 2.05) is 0 Å². The third-order valence-corrected chi connectivity index (χ3v) is 1.47. The van der Waals surface area contributed by atoms with Crippen LogP contribution in [-0.4, -0.2) is 6.54 Å². The van der Waals surface area contributed by atoms with Crippen LogP contribution in [0.15, 0.2) is 30.9 Å². The van der Waals surface area contributed by atoms with Crippen molar-refractivity contribution in [3.63, 3.8) is 0 Å². The van der Waals surface area contributed by atoms with Gasteiger partial charge in [-0.2, -0.15) is 0 Å². The number of rotatable bonds is 3. The highest BCUT2D eigenvalue weighted by molar-refractivity contribution is 5.66. The van der Waals surface area contributed by atoms with Crippen LogP contribution < -0.4 is 11.1 Å². The summed E-state index contributed by atoms with van der Waals surface area (Å²) in [5.74, 6) is -0.336. The van der Waals surface area contributed by atoms with Gasteiger partial charge in [0.2, 0.25) is 0 Å². The molecule has 0 unspecified atom stereocenters. The average molecular weight is 166 g/mol. The van der Waals surface area contributed by atoms with Crippen LogP contribution in [0, 0.1) is 5.82 Å².